The Kier molecular flexibility index (Phi) is 2.78. The van der Waals surface area contributed by atoms with Gasteiger partial charge >= 0.3 is 0 Å². The van der Waals surface area contributed by atoms with Gasteiger partial charge in [-0.15, -0.1) is 0 Å². The Hall–Kier alpha value is -1.84. The summed E-state index contributed by atoms with van der Waals surface area (Å²) in [5.74, 6) is 0.891. The van der Waals surface area contributed by atoms with E-state index in [1.165, 1.54) is 0 Å². The van der Waals surface area contributed by atoms with Crippen LogP contribution in [0.5, 0.6) is 0 Å². The van der Waals surface area contributed by atoms with Crippen molar-refractivity contribution in [1.29, 1.82) is 0 Å². The summed E-state index contributed by atoms with van der Waals surface area (Å²) >= 11 is 5.90. The fourth-order valence-electron chi connectivity index (χ4n) is 2.05. The Morgan fingerprint density at radius 3 is 2.61 bits per heavy atom. The number of fused-ring (bicyclic) bond motifs is 1. The summed E-state index contributed by atoms with van der Waals surface area (Å²) in [6.07, 6.45) is 1.99. The second-order valence-corrected chi connectivity index (χ2v) is 4.49. The number of nitrogens with two attached hydrogens (primary N) is 1. The summed E-state index contributed by atoms with van der Waals surface area (Å²) in [5.41, 5.74) is 8.71. The van der Waals surface area contributed by atoms with Crippen LogP contribution in [0.15, 0.2) is 48.7 Å². The van der Waals surface area contributed by atoms with Gasteiger partial charge in [0.1, 0.15) is 5.82 Å². The highest BCUT2D eigenvalue weighted by molar-refractivity contribution is 6.30. The van der Waals surface area contributed by atoms with E-state index in [2.05, 4.69) is 4.98 Å². The van der Waals surface area contributed by atoms with Crippen LogP contribution in [-0.4, -0.2) is 9.38 Å². The van der Waals surface area contributed by atoms with Crippen molar-refractivity contribution in [1.82, 2.24) is 9.38 Å². The maximum atomic E-state index is 5.90. The number of hydrogen-bond acceptors (Lipinski definition) is 2. The number of hydrogen-bond donors (Lipinski definition) is 1. The maximum Gasteiger partial charge on any atom is 0.144 e. The van der Waals surface area contributed by atoms with E-state index >= 15 is 0 Å². The normalized spacial score (nSPS) is 11.0. The lowest BCUT2D eigenvalue weighted by molar-refractivity contribution is 1.02. The molecular weight excluding hydrogens is 246 g/mol. The monoisotopic (exact) mass is 257 g/mol. The topological polar surface area (TPSA) is 43.3 Å². The molecule has 0 saturated heterocycles. The van der Waals surface area contributed by atoms with Crippen molar-refractivity contribution in [3.63, 3.8) is 0 Å². The third-order valence-corrected chi connectivity index (χ3v) is 3.17. The second-order valence-electron chi connectivity index (χ2n) is 4.05. The molecule has 0 aliphatic carbocycles. The first kappa shape index (κ1) is 11.3. The maximum absolute atomic E-state index is 5.90. The van der Waals surface area contributed by atoms with E-state index in [1.54, 1.807) is 0 Å². The fraction of sp³-hybridized carbons (Fsp3) is 0.0714. The Balaban J connectivity index is 2.26. The molecule has 0 aliphatic rings. The SMILES string of the molecule is NCc1nc(-c2ccc(Cl)cc2)n2ccccc12. The van der Waals surface area contributed by atoms with Crippen LogP contribution in [-0.2, 0) is 6.54 Å². The molecular formula is C14H12ClN3. The molecule has 2 aromatic heterocycles. The molecule has 18 heavy (non-hydrogen) atoms. The van der Waals surface area contributed by atoms with Gasteiger partial charge in [-0.2, -0.15) is 0 Å². The van der Waals surface area contributed by atoms with Crippen molar-refractivity contribution in [3.05, 3.63) is 59.4 Å². The van der Waals surface area contributed by atoms with Crippen LogP contribution in [0.3, 0.4) is 0 Å². The second kappa shape index (κ2) is 4.44. The molecule has 0 unspecified atom stereocenters. The van der Waals surface area contributed by atoms with Gasteiger partial charge in [0.2, 0.25) is 0 Å². The van der Waals surface area contributed by atoms with E-state index in [4.69, 9.17) is 17.3 Å². The first-order valence-electron chi connectivity index (χ1n) is 5.71. The van der Waals surface area contributed by atoms with Gasteiger partial charge in [-0.05, 0) is 36.4 Å². The highest BCUT2D eigenvalue weighted by Gasteiger charge is 2.10. The van der Waals surface area contributed by atoms with Crippen LogP contribution in [0.1, 0.15) is 5.69 Å². The van der Waals surface area contributed by atoms with Crippen LogP contribution in [0.4, 0.5) is 0 Å². The van der Waals surface area contributed by atoms with Crippen molar-refractivity contribution < 1.29 is 0 Å². The highest BCUT2D eigenvalue weighted by atomic mass is 35.5. The average molecular weight is 258 g/mol. The molecule has 0 saturated carbocycles. The van der Waals surface area contributed by atoms with Crippen LogP contribution < -0.4 is 5.73 Å². The molecule has 3 rings (SSSR count). The predicted octanol–water partition coefficient (Wildman–Crippen LogP) is 3.11. The Labute approximate surface area is 110 Å². The van der Waals surface area contributed by atoms with E-state index < -0.39 is 0 Å². The molecule has 0 radical (unpaired) electrons. The van der Waals surface area contributed by atoms with Gasteiger partial charge in [-0.25, -0.2) is 4.98 Å². The minimum absolute atomic E-state index is 0.432. The van der Waals surface area contributed by atoms with Gasteiger partial charge < -0.3 is 5.73 Å². The van der Waals surface area contributed by atoms with E-state index in [-0.39, 0.29) is 0 Å². The summed E-state index contributed by atoms with van der Waals surface area (Å²) in [6, 6.07) is 13.6. The lowest BCUT2D eigenvalue weighted by Crippen LogP contribution is -1.96. The molecule has 4 heteroatoms. The average Bonchev–Trinajstić information content (AvgIpc) is 2.79. The van der Waals surface area contributed by atoms with Crippen molar-refractivity contribution in [2.24, 2.45) is 5.73 Å². The zero-order chi connectivity index (χ0) is 12.5. The first-order valence-corrected chi connectivity index (χ1v) is 6.09. The number of imidazole rings is 1. The minimum Gasteiger partial charge on any atom is -0.325 e. The van der Waals surface area contributed by atoms with Crippen molar-refractivity contribution >= 4 is 17.1 Å². The van der Waals surface area contributed by atoms with Crippen LogP contribution in [0.25, 0.3) is 16.9 Å². The smallest absolute Gasteiger partial charge is 0.144 e. The molecule has 2 N–H and O–H groups in total. The van der Waals surface area contributed by atoms with Crippen LogP contribution in [0, 0.1) is 0 Å². The van der Waals surface area contributed by atoms with Crippen molar-refractivity contribution in [2.75, 3.05) is 0 Å². The van der Waals surface area contributed by atoms with Gasteiger partial charge in [-0.3, -0.25) is 4.40 Å². The number of benzene rings is 1. The molecule has 0 atom stereocenters. The zero-order valence-corrected chi connectivity index (χ0v) is 10.4. The van der Waals surface area contributed by atoms with Gasteiger partial charge in [0.15, 0.2) is 0 Å². The number of nitrogens with zero attached hydrogens (tertiary/aromatic N) is 2. The van der Waals surface area contributed by atoms with Gasteiger partial charge in [0, 0.05) is 23.3 Å². The lowest BCUT2D eigenvalue weighted by atomic mass is 10.2. The third-order valence-electron chi connectivity index (χ3n) is 2.92. The summed E-state index contributed by atoms with van der Waals surface area (Å²) in [4.78, 5) is 4.60. The number of pyridine rings is 1. The first-order chi connectivity index (χ1) is 8.79. The lowest BCUT2D eigenvalue weighted by Gasteiger charge is -2.00. The molecule has 2 heterocycles. The molecule has 0 spiro atoms. The summed E-state index contributed by atoms with van der Waals surface area (Å²) in [7, 11) is 0. The van der Waals surface area contributed by atoms with Gasteiger partial charge in [0.05, 0.1) is 11.2 Å². The highest BCUT2D eigenvalue weighted by Crippen LogP contribution is 2.23. The Morgan fingerprint density at radius 1 is 1.11 bits per heavy atom. The van der Waals surface area contributed by atoms with Crippen LogP contribution in [0.2, 0.25) is 5.02 Å². The van der Waals surface area contributed by atoms with Gasteiger partial charge in [-0.1, -0.05) is 17.7 Å². The van der Waals surface area contributed by atoms with Gasteiger partial charge in [0.25, 0.3) is 0 Å². The van der Waals surface area contributed by atoms with Crippen molar-refractivity contribution in [2.45, 2.75) is 6.54 Å². The van der Waals surface area contributed by atoms with E-state index in [1.807, 2.05) is 53.1 Å². The van der Waals surface area contributed by atoms with E-state index in [0.717, 1.165) is 27.6 Å². The summed E-state index contributed by atoms with van der Waals surface area (Å²) in [6.45, 7) is 0.432. The molecule has 1 aromatic carbocycles. The van der Waals surface area contributed by atoms with E-state index in [9.17, 15) is 0 Å². The third kappa shape index (κ3) is 1.78. The molecule has 90 valence electrons. The van der Waals surface area contributed by atoms with Crippen molar-refractivity contribution in [3.8, 4) is 11.4 Å². The molecule has 0 amide bonds. The predicted molar refractivity (Wildman–Crippen MR) is 73.5 cm³/mol. The molecule has 3 aromatic rings. The molecule has 3 nitrogen and oxygen atoms in total. The Bertz CT molecular complexity index is 686. The van der Waals surface area contributed by atoms with Crippen LogP contribution >= 0.6 is 11.6 Å². The number of rotatable bonds is 2. The number of aromatic nitrogens is 2. The fourth-order valence-corrected chi connectivity index (χ4v) is 2.18. The Morgan fingerprint density at radius 2 is 1.89 bits per heavy atom. The molecule has 0 aliphatic heterocycles. The number of halogens is 1. The summed E-state index contributed by atoms with van der Waals surface area (Å²) in [5, 5.41) is 0.721. The summed E-state index contributed by atoms with van der Waals surface area (Å²) < 4.78 is 2.05. The minimum atomic E-state index is 0.432. The standard InChI is InChI=1S/C14H12ClN3/c15-11-6-4-10(5-7-11)14-17-12(9-16)13-3-1-2-8-18(13)14/h1-8H,9,16H2. The zero-order valence-electron chi connectivity index (χ0n) is 9.68. The molecule has 0 bridgehead atoms. The largest absolute Gasteiger partial charge is 0.325 e. The van der Waals surface area contributed by atoms with E-state index in [0.29, 0.717) is 6.54 Å². The quantitative estimate of drug-likeness (QED) is 0.767. The molecule has 0 fully saturated rings.